The van der Waals surface area contributed by atoms with Crippen molar-refractivity contribution >= 4 is 17.7 Å². The molecule has 0 rings (SSSR count). The number of nitrogens with two attached hydrogens (primary N) is 1. The van der Waals surface area contributed by atoms with Gasteiger partial charge in [0.05, 0.1) is 12.6 Å². The highest BCUT2D eigenvalue weighted by atomic mass is 32.2. The summed E-state index contributed by atoms with van der Waals surface area (Å²) in [6.45, 7) is 3.94. The van der Waals surface area contributed by atoms with Crippen LogP contribution in [0.5, 0.6) is 0 Å². The number of carbonyl (C=O) groups excluding carboxylic acids is 1. The minimum atomic E-state index is -0.432. The van der Waals surface area contributed by atoms with Gasteiger partial charge in [-0.05, 0) is 19.6 Å². The maximum Gasteiger partial charge on any atom is 0.237 e. The number of carbonyl (C=O) groups is 1. The van der Waals surface area contributed by atoms with E-state index in [1.165, 1.54) is 11.8 Å². The second-order valence-corrected chi connectivity index (χ2v) is 4.73. The number of nitrogens with one attached hydrogen (secondary N) is 1. The monoisotopic (exact) mass is 234 g/mol. The van der Waals surface area contributed by atoms with Gasteiger partial charge in [0.2, 0.25) is 5.91 Å². The summed E-state index contributed by atoms with van der Waals surface area (Å²) < 4.78 is 0. The topological polar surface area (TPSA) is 75.4 Å². The van der Waals surface area contributed by atoms with Crippen LogP contribution in [0.25, 0.3) is 0 Å². The lowest BCUT2D eigenvalue weighted by molar-refractivity contribution is -0.123. The van der Waals surface area contributed by atoms with E-state index in [1.807, 2.05) is 20.1 Å². The number of thioether (sulfide) groups is 1. The minimum Gasteiger partial charge on any atom is -0.395 e. The number of amides is 1. The first kappa shape index (κ1) is 14.7. The number of aliphatic hydroxyl groups excluding tert-OH is 1. The molecule has 90 valence electrons. The van der Waals surface area contributed by atoms with E-state index >= 15 is 0 Å². The predicted molar refractivity (Wildman–Crippen MR) is 64.9 cm³/mol. The lowest BCUT2D eigenvalue weighted by atomic mass is 10.1. The first-order valence-corrected chi connectivity index (χ1v) is 6.55. The standard InChI is InChI=1S/C10H22N2O2S/c1-4-5-8(11)10(14)12-7(2)9(6-13)15-3/h7-9,13H,4-6,11H2,1-3H3,(H,12,14)/t7?,8-,9?/m0/s1. The van der Waals surface area contributed by atoms with Gasteiger partial charge in [0.25, 0.3) is 0 Å². The van der Waals surface area contributed by atoms with Crippen LogP contribution in [0.3, 0.4) is 0 Å². The number of aliphatic hydroxyl groups is 1. The summed E-state index contributed by atoms with van der Waals surface area (Å²) in [4.78, 5) is 11.6. The molecule has 2 unspecified atom stereocenters. The Morgan fingerprint density at radius 2 is 2.20 bits per heavy atom. The van der Waals surface area contributed by atoms with Gasteiger partial charge >= 0.3 is 0 Å². The molecule has 0 heterocycles. The van der Waals surface area contributed by atoms with Crippen LogP contribution in [0.2, 0.25) is 0 Å². The first-order valence-electron chi connectivity index (χ1n) is 5.26. The Morgan fingerprint density at radius 1 is 1.60 bits per heavy atom. The zero-order valence-corrected chi connectivity index (χ0v) is 10.5. The van der Waals surface area contributed by atoms with E-state index in [1.54, 1.807) is 0 Å². The van der Waals surface area contributed by atoms with Crippen LogP contribution in [-0.2, 0) is 4.79 Å². The van der Waals surface area contributed by atoms with Gasteiger partial charge in [0.15, 0.2) is 0 Å². The molecular weight excluding hydrogens is 212 g/mol. The summed E-state index contributed by atoms with van der Waals surface area (Å²) in [6.07, 6.45) is 3.51. The molecule has 0 aliphatic carbocycles. The van der Waals surface area contributed by atoms with Gasteiger partial charge in [-0.25, -0.2) is 0 Å². The van der Waals surface area contributed by atoms with Crippen molar-refractivity contribution in [2.24, 2.45) is 5.73 Å². The summed E-state index contributed by atoms with van der Waals surface area (Å²) in [5.41, 5.74) is 5.68. The largest absolute Gasteiger partial charge is 0.395 e. The second kappa shape index (κ2) is 7.96. The van der Waals surface area contributed by atoms with Crippen LogP contribution in [0.15, 0.2) is 0 Å². The van der Waals surface area contributed by atoms with Crippen LogP contribution in [0, 0.1) is 0 Å². The van der Waals surface area contributed by atoms with Crippen molar-refractivity contribution in [3.63, 3.8) is 0 Å². The molecule has 1 amide bonds. The third-order valence-electron chi connectivity index (χ3n) is 2.35. The normalized spacial score (nSPS) is 16.9. The molecule has 0 aromatic rings. The smallest absolute Gasteiger partial charge is 0.237 e. The molecule has 0 radical (unpaired) electrons. The SMILES string of the molecule is CCC[C@H](N)C(=O)NC(C)C(CO)SC. The van der Waals surface area contributed by atoms with Gasteiger partial charge in [-0.1, -0.05) is 13.3 Å². The fraction of sp³-hybridized carbons (Fsp3) is 0.900. The van der Waals surface area contributed by atoms with Crippen LogP contribution in [0.4, 0.5) is 0 Å². The van der Waals surface area contributed by atoms with E-state index in [9.17, 15) is 4.79 Å². The molecule has 4 N–H and O–H groups in total. The van der Waals surface area contributed by atoms with E-state index in [4.69, 9.17) is 10.8 Å². The van der Waals surface area contributed by atoms with Crippen molar-refractivity contribution in [3.05, 3.63) is 0 Å². The van der Waals surface area contributed by atoms with Crippen LogP contribution in [-0.4, -0.2) is 41.2 Å². The molecule has 4 nitrogen and oxygen atoms in total. The molecule has 3 atom stereocenters. The zero-order chi connectivity index (χ0) is 11.8. The molecule has 0 spiro atoms. The maximum absolute atomic E-state index is 11.6. The fourth-order valence-corrected chi connectivity index (χ4v) is 1.93. The van der Waals surface area contributed by atoms with Gasteiger partial charge in [-0.2, -0.15) is 11.8 Å². The molecule has 5 heteroatoms. The lowest BCUT2D eigenvalue weighted by Crippen LogP contribution is -2.48. The Labute approximate surface area is 96.0 Å². The average molecular weight is 234 g/mol. The molecular formula is C10H22N2O2S. The Balaban J connectivity index is 4.04. The van der Waals surface area contributed by atoms with E-state index in [-0.39, 0.29) is 23.8 Å². The molecule has 15 heavy (non-hydrogen) atoms. The van der Waals surface area contributed by atoms with Crippen molar-refractivity contribution in [2.75, 3.05) is 12.9 Å². The molecule has 0 saturated heterocycles. The Morgan fingerprint density at radius 3 is 2.60 bits per heavy atom. The van der Waals surface area contributed by atoms with E-state index in [0.29, 0.717) is 6.42 Å². The van der Waals surface area contributed by atoms with Gasteiger partial charge in [0.1, 0.15) is 0 Å². The number of rotatable bonds is 7. The van der Waals surface area contributed by atoms with Gasteiger partial charge in [-0.3, -0.25) is 4.79 Å². The molecule has 0 aromatic carbocycles. The molecule has 0 aliphatic rings. The molecule has 0 aromatic heterocycles. The summed E-state index contributed by atoms with van der Waals surface area (Å²) in [6, 6.07) is -0.487. The van der Waals surface area contributed by atoms with Gasteiger partial charge in [0, 0.05) is 11.3 Å². The minimum absolute atomic E-state index is 0.0303. The average Bonchev–Trinajstić information content (AvgIpc) is 2.19. The number of hydrogen-bond donors (Lipinski definition) is 3. The number of hydrogen-bond acceptors (Lipinski definition) is 4. The lowest BCUT2D eigenvalue weighted by Gasteiger charge is -2.23. The quantitative estimate of drug-likeness (QED) is 0.594. The van der Waals surface area contributed by atoms with Crippen LogP contribution in [0.1, 0.15) is 26.7 Å². The maximum atomic E-state index is 11.6. The van der Waals surface area contributed by atoms with Gasteiger partial charge < -0.3 is 16.2 Å². The van der Waals surface area contributed by atoms with E-state index in [0.717, 1.165) is 6.42 Å². The van der Waals surface area contributed by atoms with Crippen molar-refractivity contribution in [1.82, 2.24) is 5.32 Å². The Hall–Kier alpha value is -0.260. The van der Waals surface area contributed by atoms with Crippen molar-refractivity contribution in [2.45, 2.75) is 44.0 Å². The molecule has 0 saturated carbocycles. The zero-order valence-electron chi connectivity index (χ0n) is 9.69. The summed E-state index contributed by atoms with van der Waals surface area (Å²) >= 11 is 1.54. The Bertz CT molecular complexity index is 186. The molecule has 0 bridgehead atoms. The summed E-state index contributed by atoms with van der Waals surface area (Å²) in [5, 5.41) is 11.9. The third-order valence-corrected chi connectivity index (χ3v) is 3.51. The summed E-state index contributed by atoms with van der Waals surface area (Å²) in [5.74, 6) is -0.128. The highest BCUT2D eigenvalue weighted by Crippen LogP contribution is 2.10. The van der Waals surface area contributed by atoms with Crippen molar-refractivity contribution in [1.29, 1.82) is 0 Å². The second-order valence-electron chi connectivity index (χ2n) is 3.65. The van der Waals surface area contributed by atoms with Crippen molar-refractivity contribution < 1.29 is 9.90 Å². The van der Waals surface area contributed by atoms with Crippen LogP contribution >= 0.6 is 11.8 Å². The predicted octanol–water partition coefficient (Wildman–Crippen LogP) is 0.342. The molecule has 0 fully saturated rings. The summed E-state index contributed by atoms with van der Waals surface area (Å²) in [7, 11) is 0. The van der Waals surface area contributed by atoms with Gasteiger partial charge in [-0.15, -0.1) is 0 Å². The first-order chi connectivity index (χ1) is 7.06. The highest BCUT2D eigenvalue weighted by Gasteiger charge is 2.20. The Kier molecular flexibility index (Phi) is 7.82. The highest BCUT2D eigenvalue weighted by molar-refractivity contribution is 7.99. The van der Waals surface area contributed by atoms with E-state index in [2.05, 4.69) is 5.32 Å². The van der Waals surface area contributed by atoms with Crippen molar-refractivity contribution in [3.8, 4) is 0 Å². The molecule has 0 aliphatic heterocycles. The third kappa shape index (κ3) is 5.39. The van der Waals surface area contributed by atoms with E-state index < -0.39 is 6.04 Å². The fourth-order valence-electron chi connectivity index (χ4n) is 1.30. The van der Waals surface area contributed by atoms with Crippen LogP contribution < -0.4 is 11.1 Å².